The number of methoxy groups -OCH3 is 1. The minimum absolute atomic E-state index is 0.216. The first-order valence-corrected chi connectivity index (χ1v) is 4.69. The highest BCUT2D eigenvalue weighted by Gasteiger charge is 2.23. The normalized spacial score (nSPS) is 10.6. The van der Waals surface area contributed by atoms with Crippen molar-refractivity contribution < 1.29 is 23.4 Å². The number of aromatic hydroxyl groups is 1. The molecule has 0 aliphatic rings. The van der Waals surface area contributed by atoms with Crippen LogP contribution in [0.25, 0.3) is 0 Å². The highest BCUT2D eigenvalue weighted by atomic mass is 35.5. The summed E-state index contributed by atoms with van der Waals surface area (Å²) in [6, 6.07) is 0. The molecule has 0 bridgehead atoms. The number of hydrogen-bond donors (Lipinski definition) is 1. The van der Waals surface area contributed by atoms with Crippen LogP contribution in [0.1, 0.15) is 28.0 Å². The Morgan fingerprint density at radius 1 is 1.69 bits per heavy atom. The molecule has 4 nitrogen and oxygen atoms in total. The van der Waals surface area contributed by atoms with Gasteiger partial charge in [-0.3, -0.25) is 0 Å². The predicted octanol–water partition coefficient (Wildman–Crippen LogP) is 2.25. The van der Waals surface area contributed by atoms with Crippen molar-refractivity contribution in [1.82, 2.24) is 4.98 Å². The molecule has 0 unspecified atom stereocenters. The summed E-state index contributed by atoms with van der Waals surface area (Å²) in [4.78, 5) is 14.5. The first-order valence-electron chi connectivity index (χ1n) is 4.16. The van der Waals surface area contributed by atoms with Crippen LogP contribution >= 0.6 is 11.6 Å². The number of carbonyl (C=O) groups excluding carboxylic acids is 1. The third-order valence-electron chi connectivity index (χ3n) is 1.94. The molecule has 1 aromatic heterocycles. The zero-order chi connectivity index (χ0) is 12.3. The Labute approximate surface area is 94.8 Å². The topological polar surface area (TPSA) is 59.4 Å². The van der Waals surface area contributed by atoms with Gasteiger partial charge in [0, 0.05) is 17.3 Å². The lowest BCUT2D eigenvalue weighted by Gasteiger charge is -2.10. The lowest BCUT2D eigenvalue weighted by molar-refractivity contribution is 0.0589. The zero-order valence-electron chi connectivity index (χ0n) is 8.21. The Morgan fingerprint density at radius 3 is 2.75 bits per heavy atom. The van der Waals surface area contributed by atoms with Gasteiger partial charge in [0.25, 0.3) is 6.43 Å². The number of pyridine rings is 1. The molecule has 0 fully saturated rings. The Kier molecular flexibility index (Phi) is 4.00. The van der Waals surface area contributed by atoms with Gasteiger partial charge < -0.3 is 9.84 Å². The largest absolute Gasteiger partial charge is 0.505 e. The quantitative estimate of drug-likeness (QED) is 0.661. The lowest BCUT2D eigenvalue weighted by Crippen LogP contribution is -2.07. The molecule has 88 valence electrons. The van der Waals surface area contributed by atoms with E-state index in [1.807, 2.05) is 0 Å². The number of esters is 1. The number of hydrogen-bond acceptors (Lipinski definition) is 4. The molecular weight excluding hydrogens is 244 g/mol. The number of rotatable bonds is 3. The number of nitrogens with zero attached hydrogens (tertiary/aromatic N) is 1. The predicted molar refractivity (Wildman–Crippen MR) is 51.8 cm³/mol. The van der Waals surface area contributed by atoms with Gasteiger partial charge in [-0.1, -0.05) is 0 Å². The van der Waals surface area contributed by atoms with Crippen LogP contribution in [0.3, 0.4) is 0 Å². The average Bonchev–Trinajstić information content (AvgIpc) is 2.27. The molecule has 7 heteroatoms. The van der Waals surface area contributed by atoms with E-state index in [1.165, 1.54) is 0 Å². The summed E-state index contributed by atoms with van der Waals surface area (Å²) in [7, 11) is 1.09. The van der Waals surface area contributed by atoms with Gasteiger partial charge in [0.15, 0.2) is 11.4 Å². The molecule has 1 aromatic rings. The third kappa shape index (κ3) is 2.21. The van der Waals surface area contributed by atoms with Crippen molar-refractivity contribution >= 4 is 17.6 Å². The highest BCUT2D eigenvalue weighted by molar-refractivity contribution is 6.17. The first-order chi connectivity index (χ1) is 7.52. The van der Waals surface area contributed by atoms with Crippen molar-refractivity contribution in [3.05, 3.63) is 23.0 Å². The molecule has 1 heterocycles. The summed E-state index contributed by atoms with van der Waals surface area (Å²) in [6.07, 6.45) is -2.02. The second-order valence-corrected chi connectivity index (χ2v) is 3.08. The van der Waals surface area contributed by atoms with E-state index in [1.54, 1.807) is 0 Å². The number of alkyl halides is 3. The van der Waals surface area contributed by atoms with Crippen LogP contribution in [0.5, 0.6) is 5.75 Å². The zero-order valence-corrected chi connectivity index (χ0v) is 8.96. The Hall–Kier alpha value is -1.43. The summed E-state index contributed by atoms with van der Waals surface area (Å²) in [5, 5.41) is 9.54. The van der Waals surface area contributed by atoms with Gasteiger partial charge in [-0.2, -0.15) is 0 Å². The third-order valence-corrected chi connectivity index (χ3v) is 2.21. The molecule has 0 saturated heterocycles. The standard InChI is InChI=1S/C9H8ClF2NO3/c1-16-9(15)6-7(14)4(2-10)5(3-13-6)8(11)12/h3,8,14H,2H2,1H3. The Bertz CT molecular complexity index is 412. The minimum atomic E-state index is -2.82. The molecule has 0 amide bonds. The fraction of sp³-hybridized carbons (Fsp3) is 0.333. The average molecular weight is 252 g/mol. The number of ether oxygens (including phenoxy) is 1. The summed E-state index contributed by atoms with van der Waals surface area (Å²) in [6.45, 7) is 0. The smallest absolute Gasteiger partial charge is 0.360 e. The van der Waals surface area contributed by atoms with E-state index in [4.69, 9.17) is 11.6 Å². The van der Waals surface area contributed by atoms with Crippen LogP contribution in [0.4, 0.5) is 8.78 Å². The number of halogens is 3. The lowest BCUT2D eigenvalue weighted by atomic mass is 10.1. The van der Waals surface area contributed by atoms with E-state index in [-0.39, 0.29) is 11.4 Å². The molecule has 0 saturated carbocycles. The molecule has 1 N–H and O–H groups in total. The van der Waals surface area contributed by atoms with Crippen molar-refractivity contribution in [2.45, 2.75) is 12.3 Å². The van der Waals surface area contributed by atoms with Crippen LogP contribution in [-0.4, -0.2) is 23.2 Å². The van der Waals surface area contributed by atoms with Crippen LogP contribution in [0.2, 0.25) is 0 Å². The van der Waals surface area contributed by atoms with Gasteiger partial charge in [0.2, 0.25) is 0 Å². The van der Waals surface area contributed by atoms with Gasteiger partial charge in [0.05, 0.1) is 13.0 Å². The fourth-order valence-corrected chi connectivity index (χ4v) is 1.41. The number of aromatic nitrogens is 1. The fourth-order valence-electron chi connectivity index (χ4n) is 1.13. The van der Waals surface area contributed by atoms with E-state index in [9.17, 15) is 18.7 Å². The van der Waals surface area contributed by atoms with Gasteiger partial charge in [0.1, 0.15) is 0 Å². The van der Waals surface area contributed by atoms with Crippen molar-refractivity contribution in [2.24, 2.45) is 0 Å². The van der Waals surface area contributed by atoms with Gasteiger partial charge >= 0.3 is 5.97 Å². The molecule has 0 spiro atoms. The van der Waals surface area contributed by atoms with Gasteiger partial charge in [-0.25, -0.2) is 18.6 Å². The van der Waals surface area contributed by atoms with Crippen molar-refractivity contribution in [2.75, 3.05) is 7.11 Å². The summed E-state index contributed by atoms with van der Waals surface area (Å²) >= 11 is 5.43. The van der Waals surface area contributed by atoms with E-state index >= 15 is 0 Å². The maximum absolute atomic E-state index is 12.5. The van der Waals surface area contributed by atoms with Crippen LogP contribution in [0, 0.1) is 0 Å². The second-order valence-electron chi connectivity index (χ2n) is 2.82. The van der Waals surface area contributed by atoms with Crippen molar-refractivity contribution in [1.29, 1.82) is 0 Å². The molecule has 0 atom stereocenters. The molecule has 0 aromatic carbocycles. The van der Waals surface area contributed by atoms with Crippen molar-refractivity contribution in [3.63, 3.8) is 0 Å². The van der Waals surface area contributed by atoms with Gasteiger partial charge in [-0.05, 0) is 0 Å². The van der Waals surface area contributed by atoms with E-state index in [0.717, 1.165) is 13.3 Å². The monoisotopic (exact) mass is 251 g/mol. The molecular formula is C9H8ClF2NO3. The molecule has 1 rings (SSSR count). The van der Waals surface area contributed by atoms with Crippen LogP contribution in [-0.2, 0) is 10.6 Å². The molecule has 0 aliphatic carbocycles. The molecule has 0 aliphatic heterocycles. The Balaban J connectivity index is 3.34. The van der Waals surface area contributed by atoms with Crippen LogP contribution < -0.4 is 0 Å². The Morgan fingerprint density at radius 2 is 2.31 bits per heavy atom. The van der Waals surface area contributed by atoms with E-state index < -0.39 is 29.4 Å². The number of carbonyl (C=O) groups is 1. The maximum Gasteiger partial charge on any atom is 0.360 e. The summed E-state index contributed by atoms with van der Waals surface area (Å²) in [5.41, 5.74) is -1.14. The van der Waals surface area contributed by atoms with Crippen molar-refractivity contribution in [3.8, 4) is 5.75 Å². The van der Waals surface area contributed by atoms with E-state index in [0.29, 0.717) is 0 Å². The van der Waals surface area contributed by atoms with E-state index in [2.05, 4.69) is 9.72 Å². The maximum atomic E-state index is 12.5. The van der Waals surface area contributed by atoms with Crippen LogP contribution in [0.15, 0.2) is 6.20 Å². The molecule has 0 radical (unpaired) electrons. The first kappa shape index (κ1) is 12.6. The highest BCUT2D eigenvalue weighted by Crippen LogP contribution is 2.32. The minimum Gasteiger partial charge on any atom is -0.505 e. The second kappa shape index (κ2) is 5.07. The van der Waals surface area contributed by atoms with Gasteiger partial charge in [-0.15, -0.1) is 11.6 Å². The summed E-state index contributed by atoms with van der Waals surface area (Å²) in [5.74, 6) is -1.93. The SMILES string of the molecule is COC(=O)c1ncc(C(F)F)c(CCl)c1O. The molecule has 16 heavy (non-hydrogen) atoms. The summed E-state index contributed by atoms with van der Waals surface area (Å²) < 4.78 is 29.3.